The highest BCUT2D eigenvalue weighted by atomic mass is 35.5. The number of anilines is 1. The summed E-state index contributed by atoms with van der Waals surface area (Å²) in [7, 11) is 0. The number of rotatable bonds is 2. The van der Waals surface area contributed by atoms with Crippen LogP contribution < -0.4 is 5.32 Å². The minimum Gasteiger partial charge on any atom is -0.391 e. The molecule has 2 N–H and O–H groups in total. The molecule has 1 aromatic rings. The zero-order chi connectivity index (χ0) is 13.0. The Morgan fingerprint density at radius 3 is 2.78 bits per heavy atom. The smallest absolute Gasteiger partial charge is 0.101 e. The second-order valence-corrected chi connectivity index (χ2v) is 5.17. The number of nitrogens with zero attached hydrogens (tertiary/aromatic N) is 1. The zero-order valence-electron chi connectivity index (χ0n) is 10.2. The molecule has 2 atom stereocenters. The Morgan fingerprint density at radius 2 is 2.06 bits per heavy atom. The SMILES string of the molecule is N#Cc1ccc(NC2CCCCCC2O)cc1Cl. The molecule has 0 aromatic heterocycles. The summed E-state index contributed by atoms with van der Waals surface area (Å²) < 4.78 is 0. The number of benzene rings is 1. The Hall–Kier alpha value is -1.24. The van der Waals surface area contributed by atoms with Crippen LogP contribution in [0.25, 0.3) is 0 Å². The van der Waals surface area contributed by atoms with Gasteiger partial charge in [-0.15, -0.1) is 0 Å². The fourth-order valence-corrected chi connectivity index (χ4v) is 2.59. The molecule has 0 amide bonds. The molecule has 3 nitrogen and oxygen atoms in total. The summed E-state index contributed by atoms with van der Waals surface area (Å²) in [6.45, 7) is 0. The van der Waals surface area contributed by atoms with Gasteiger partial charge in [-0.25, -0.2) is 0 Å². The quantitative estimate of drug-likeness (QED) is 0.806. The fraction of sp³-hybridized carbons (Fsp3) is 0.500. The highest BCUT2D eigenvalue weighted by molar-refractivity contribution is 6.32. The largest absolute Gasteiger partial charge is 0.391 e. The van der Waals surface area contributed by atoms with Gasteiger partial charge >= 0.3 is 0 Å². The Bertz CT molecular complexity index is 456. The van der Waals surface area contributed by atoms with E-state index in [1.165, 1.54) is 6.42 Å². The minimum absolute atomic E-state index is 0.0801. The van der Waals surface area contributed by atoms with Crippen molar-refractivity contribution >= 4 is 17.3 Å². The van der Waals surface area contributed by atoms with Crippen LogP contribution in [0.3, 0.4) is 0 Å². The van der Waals surface area contributed by atoms with Crippen LogP contribution in [0.5, 0.6) is 0 Å². The molecule has 2 unspecified atom stereocenters. The zero-order valence-corrected chi connectivity index (χ0v) is 11.0. The Morgan fingerprint density at radius 1 is 1.28 bits per heavy atom. The Labute approximate surface area is 112 Å². The summed E-state index contributed by atoms with van der Waals surface area (Å²) in [5.41, 5.74) is 1.34. The van der Waals surface area contributed by atoms with E-state index >= 15 is 0 Å². The highest BCUT2D eigenvalue weighted by Crippen LogP contribution is 2.24. The number of hydrogen-bond acceptors (Lipinski definition) is 3. The maximum absolute atomic E-state index is 10.0. The molecule has 0 bridgehead atoms. The average Bonchev–Trinajstić information content (AvgIpc) is 2.55. The van der Waals surface area contributed by atoms with Gasteiger partial charge in [0.25, 0.3) is 0 Å². The molecule has 0 saturated heterocycles. The van der Waals surface area contributed by atoms with Crippen molar-refractivity contribution in [1.29, 1.82) is 5.26 Å². The lowest BCUT2D eigenvalue weighted by molar-refractivity contribution is 0.144. The van der Waals surface area contributed by atoms with Gasteiger partial charge in [-0.2, -0.15) is 5.26 Å². The van der Waals surface area contributed by atoms with Crippen LogP contribution in [0.15, 0.2) is 18.2 Å². The summed E-state index contributed by atoms with van der Waals surface area (Å²) in [5, 5.41) is 22.6. The molecule has 1 saturated carbocycles. The molecule has 0 spiro atoms. The predicted molar refractivity (Wildman–Crippen MR) is 72.7 cm³/mol. The van der Waals surface area contributed by atoms with E-state index in [-0.39, 0.29) is 12.1 Å². The normalized spacial score (nSPS) is 24.1. The molecule has 0 aliphatic heterocycles. The average molecular weight is 265 g/mol. The second kappa shape index (κ2) is 6.08. The predicted octanol–water partition coefficient (Wildman–Crippen LogP) is 3.32. The first-order valence-corrected chi connectivity index (χ1v) is 6.73. The van der Waals surface area contributed by atoms with E-state index in [1.807, 2.05) is 12.1 Å². The van der Waals surface area contributed by atoms with Crippen LogP contribution in [-0.2, 0) is 0 Å². The number of nitriles is 1. The standard InChI is InChI=1S/C14H17ClN2O/c15-12-8-11(7-6-10(12)9-16)17-13-4-2-1-3-5-14(13)18/h6-8,13-14,17-18H,1-5H2. The van der Waals surface area contributed by atoms with Crippen molar-refractivity contribution in [2.75, 3.05) is 5.32 Å². The number of aliphatic hydroxyl groups excluding tert-OH is 1. The van der Waals surface area contributed by atoms with Crippen LogP contribution in [0, 0.1) is 11.3 Å². The van der Waals surface area contributed by atoms with Crippen LogP contribution in [-0.4, -0.2) is 17.3 Å². The summed E-state index contributed by atoms with van der Waals surface area (Å²) in [6.07, 6.45) is 4.93. The highest BCUT2D eigenvalue weighted by Gasteiger charge is 2.21. The van der Waals surface area contributed by atoms with Crippen molar-refractivity contribution in [3.63, 3.8) is 0 Å². The summed E-state index contributed by atoms with van der Waals surface area (Å²) >= 11 is 5.99. The Kier molecular flexibility index (Phi) is 4.46. The van der Waals surface area contributed by atoms with Crippen LogP contribution in [0.4, 0.5) is 5.69 Å². The molecule has 1 aliphatic carbocycles. The lowest BCUT2D eigenvalue weighted by Gasteiger charge is -2.23. The first kappa shape index (κ1) is 13.2. The van der Waals surface area contributed by atoms with Crippen LogP contribution in [0.2, 0.25) is 5.02 Å². The van der Waals surface area contributed by atoms with Gasteiger partial charge < -0.3 is 10.4 Å². The molecule has 4 heteroatoms. The van der Waals surface area contributed by atoms with E-state index in [1.54, 1.807) is 12.1 Å². The van der Waals surface area contributed by atoms with E-state index < -0.39 is 0 Å². The molecule has 0 heterocycles. The minimum atomic E-state index is -0.304. The summed E-state index contributed by atoms with van der Waals surface area (Å²) in [6, 6.07) is 7.40. The molecule has 96 valence electrons. The molecular formula is C14H17ClN2O. The maximum atomic E-state index is 10.0. The van der Waals surface area contributed by atoms with Crippen molar-refractivity contribution in [3.8, 4) is 6.07 Å². The monoisotopic (exact) mass is 264 g/mol. The lowest BCUT2D eigenvalue weighted by Crippen LogP contribution is -2.32. The van der Waals surface area contributed by atoms with Gasteiger partial charge in [0.2, 0.25) is 0 Å². The van der Waals surface area contributed by atoms with Gasteiger partial charge in [-0.3, -0.25) is 0 Å². The topological polar surface area (TPSA) is 56.0 Å². The Balaban J connectivity index is 2.08. The van der Waals surface area contributed by atoms with Crippen molar-refractivity contribution < 1.29 is 5.11 Å². The van der Waals surface area contributed by atoms with E-state index in [4.69, 9.17) is 16.9 Å². The van der Waals surface area contributed by atoms with Gasteiger partial charge in [0, 0.05) is 5.69 Å². The first-order valence-electron chi connectivity index (χ1n) is 6.35. The van der Waals surface area contributed by atoms with Crippen molar-refractivity contribution in [3.05, 3.63) is 28.8 Å². The van der Waals surface area contributed by atoms with Gasteiger partial charge in [-0.05, 0) is 31.0 Å². The summed E-state index contributed by atoms with van der Waals surface area (Å²) in [4.78, 5) is 0. The molecule has 18 heavy (non-hydrogen) atoms. The molecular weight excluding hydrogens is 248 g/mol. The number of hydrogen-bond donors (Lipinski definition) is 2. The third-order valence-corrected chi connectivity index (χ3v) is 3.73. The first-order chi connectivity index (χ1) is 8.70. The number of nitrogens with one attached hydrogen (secondary N) is 1. The van der Waals surface area contributed by atoms with Crippen molar-refractivity contribution in [2.24, 2.45) is 0 Å². The van der Waals surface area contributed by atoms with E-state index in [0.717, 1.165) is 31.4 Å². The van der Waals surface area contributed by atoms with E-state index in [0.29, 0.717) is 10.6 Å². The molecule has 0 radical (unpaired) electrons. The molecule has 1 fully saturated rings. The molecule has 1 aliphatic rings. The second-order valence-electron chi connectivity index (χ2n) is 4.76. The van der Waals surface area contributed by atoms with Gasteiger partial charge in [-0.1, -0.05) is 30.9 Å². The van der Waals surface area contributed by atoms with Gasteiger partial charge in [0.05, 0.1) is 22.7 Å². The van der Waals surface area contributed by atoms with Crippen LogP contribution in [0.1, 0.15) is 37.7 Å². The van der Waals surface area contributed by atoms with Gasteiger partial charge in [0.1, 0.15) is 6.07 Å². The third kappa shape index (κ3) is 3.16. The lowest BCUT2D eigenvalue weighted by atomic mass is 10.1. The fourth-order valence-electron chi connectivity index (χ4n) is 2.37. The van der Waals surface area contributed by atoms with E-state index in [2.05, 4.69) is 5.32 Å². The van der Waals surface area contributed by atoms with Gasteiger partial charge in [0.15, 0.2) is 0 Å². The maximum Gasteiger partial charge on any atom is 0.101 e. The van der Waals surface area contributed by atoms with Crippen LogP contribution >= 0.6 is 11.6 Å². The summed E-state index contributed by atoms with van der Waals surface area (Å²) in [5.74, 6) is 0. The van der Waals surface area contributed by atoms with E-state index in [9.17, 15) is 5.11 Å². The third-order valence-electron chi connectivity index (χ3n) is 3.42. The molecule has 1 aromatic carbocycles. The number of halogens is 1. The number of aliphatic hydroxyl groups is 1. The molecule has 2 rings (SSSR count). The van der Waals surface area contributed by atoms with Crippen molar-refractivity contribution in [1.82, 2.24) is 0 Å². The van der Waals surface area contributed by atoms with Crippen molar-refractivity contribution in [2.45, 2.75) is 44.2 Å².